The first-order valence-corrected chi connectivity index (χ1v) is 6.73. The van der Waals surface area contributed by atoms with E-state index in [2.05, 4.69) is 29.6 Å². The van der Waals surface area contributed by atoms with Crippen molar-refractivity contribution >= 4 is 0 Å². The summed E-state index contributed by atoms with van der Waals surface area (Å²) in [6, 6.07) is 9.66. The van der Waals surface area contributed by atoms with E-state index in [9.17, 15) is 0 Å². The van der Waals surface area contributed by atoms with Crippen LogP contribution in [0.3, 0.4) is 0 Å². The third kappa shape index (κ3) is 2.01. The summed E-state index contributed by atoms with van der Waals surface area (Å²) in [5.41, 5.74) is 3.09. The normalized spacial score (nSPS) is 26.4. The molecule has 1 aliphatic heterocycles. The minimum Gasteiger partial charge on any atom is -0.309 e. The summed E-state index contributed by atoms with van der Waals surface area (Å²) in [5.74, 6) is 0.933. The zero-order valence-electron chi connectivity index (χ0n) is 9.91. The van der Waals surface area contributed by atoms with E-state index in [4.69, 9.17) is 0 Å². The summed E-state index contributed by atoms with van der Waals surface area (Å²) in [6.45, 7) is 1.08. The summed E-state index contributed by atoms with van der Waals surface area (Å²) in [6.07, 6.45) is 8.50. The Balaban J connectivity index is 1.72. The fourth-order valence-electron chi connectivity index (χ4n) is 3.35. The second kappa shape index (κ2) is 4.58. The van der Waals surface area contributed by atoms with E-state index in [-0.39, 0.29) is 0 Å². The van der Waals surface area contributed by atoms with Crippen molar-refractivity contribution in [2.24, 2.45) is 5.92 Å². The SMILES string of the molecule is c1ccc2c(c1)CNC(C1CCCCC1)C2. The smallest absolute Gasteiger partial charge is 0.0211 e. The highest BCUT2D eigenvalue weighted by molar-refractivity contribution is 5.30. The molecule has 1 heterocycles. The molecular weight excluding hydrogens is 194 g/mol. The molecule has 1 fully saturated rings. The maximum atomic E-state index is 3.74. The van der Waals surface area contributed by atoms with Crippen LogP contribution in [0.25, 0.3) is 0 Å². The minimum atomic E-state index is 0.746. The molecule has 0 amide bonds. The summed E-state index contributed by atoms with van der Waals surface area (Å²) in [7, 11) is 0. The molecule has 1 aliphatic carbocycles. The van der Waals surface area contributed by atoms with Gasteiger partial charge in [0.05, 0.1) is 0 Å². The van der Waals surface area contributed by atoms with Crippen molar-refractivity contribution < 1.29 is 0 Å². The molecule has 3 rings (SSSR count). The summed E-state index contributed by atoms with van der Waals surface area (Å²) >= 11 is 0. The zero-order chi connectivity index (χ0) is 10.8. The van der Waals surface area contributed by atoms with Gasteiger partial charge in [0.25, 0.3) is 0 Å². The van der Waals surface area contributed by atoms with Crippen molar-refractivity contribution in [2.45, 2.75) is 51.1 Å². The van der Waals surface area contributed by atoms with Crippen LogP contribution in [0.4, 0.5) is 0 Å². The Morgan fingerprint density at radius 1 is 0.938 bits per heavy atom. The van der Waals surface area contributed by atoms with Crippen LogP contribution >= 0.6 is 0 Å². The molecule has 0 spiro atoms. The van der Waals surface area contributed by atoms with Crippen LogP contribution in [0.2, 0.25) is 0 Å². The number of rotatable bonds is 1. The first-order chi connectivity index (χ1) is 7.93. The van der Waals surface area contributed by atoms with E-state index in [1.807, 2.05) is 0 Å². The second-order valence-electron chi connectivity index (χ2n) is 5.36. The molecule has 0 saturated heterocycles. The lowest BCUT2D eigenvalue weighted by Gasteiger charge is -2.34. The number of hydrogen-bond acceptors (Lipinski definition) is 1. The van der Waals surface area contributed by atoms with Gasteiger partial charge >= 0.3 is 0 Å². The highest BCUT2D eigenvalue weighted by atomic mass is 14.9. The Bertz CT molecular complexity index is 352. The van der Waals surface area contributed by atoms with E-state index in [1.165, 1.54) is 44.1 Å². The molecule has 0 radical (unpaired) electrons. The van der Waals surface area contributed by atoms with Crippen molar-refractivity contribution in [3.8, 4) is 0 Å². The fraction of sp³-hybridized carbons (Fsp3) is 0.600. The molecule has 86 valence electrons. The van der Waals surface area contributed by atoms with Crippen molar-refractivity contribution in [1.29, 1.82) is 0 Å². The van der Waals surface area contributed by atoms with Gasteiger partial charge < -0.3 is 5.32 Å². The van der Waals surface area contributed by atoms with Gasteiger partial charge in [-0.05, 0) is 36.3 Å². The third-order valence-corrected chi connectivity index (χ3v) is 4.33. The highest BCUT2D eigenvalue weighted by Gasteiger charge is 2.26. The summed E-state index contributed by atoms with van der Waals surface area (Å²) in [5, 5.41) is 3.74. The molecule has 0 bridgehead atoms. The number of nitrogens with one attached hydrogen (secondary N) is 1. The average molecular weight is 215 g/mol. The van der Waals surface area contributed by atoms with Gasteiger partial charge in [-0.3, -0.25) is 0 Å². The molecule has 0 aromatic heterocycles. The first-order valence-electron chi connectivity index (χ1n) is 6.73. The van der Waals surface area contributed by atoms with Gasteiger partial charge in [-0.15, -0.1) is 0 Å². The first kappa shape index (κ1) is 10.3. The Morgan fingerprint density at radius 3 is 2.50 bits per heavy atom. The highest BCUT2D eigenvalue weighted by Crippen LogP contribution is 2.30. The van der Waals surface area contributed by atoms with Crippen molar-refractivity contribution in [2.75, 3.05) is 0 Å². The molecule has 1 aromatic rings. The van der Waals surface area contributed by atoms with Crippen LogP contribution in [0.1, 0.15) is 43.2 Å². The van der Waals surface area contributed by atoms with Crippen LogP contribution in [0.5, 0.6) is 0 Å². The molecule has 1 heteroatoms. The van der Waals surface area contributed by atoms with Crippen molar-refractivity contribution in [3.63, 3.8) is 0 Å². The van der Waals surface area contributed by atoms with Crippen LogP contribution < -0.4 is 5.32 Å². The Morgan fingerprint density at radius 2 is 1.69 bits per heavy atom. The van der Waals surface area contributed by atoms with Crippen LogP contribution in [0, 0.1) is 5.92 Å². The zero-order valence-corrected chi connectivity index (χ0v) is 9.91. The molecular formula is C15H21N. The Labute approximate surface area is 98.3 Å². The average Bonchev–Trinajstić information content (AvgIpc) is 2.39. The summed E-state index contributed by atoms with van der Waals surface area (Å²) in [4.78, 5) is 0. The van der Waals surface area contributed by atoms with Crippen molar-refractivity contribution in [1.82, 2.24) is 5.32 Å². The number of benzene rings is 1. The summed E-state index contributed by atoms with van der Waals surface area (Å²) < 4.78 is 0. The van der Waals surface area contributed by atoms with Gasteiger partial charge in [-0.25, -0.2) is 0 Å². The van der Waals surface area contributed by atoms with Crippen molar-refractivity contribution in [3.05, 3.63) is 35.4 Å². The van der Waals surface area contributed by atoms with E-state index in [1.54, 1.807) is 5.56 Å². The molecule has 1 nitrogen and oxygen atoms in total. The van der Waals surface area contributed by atoms with Gasteiger partial charge in [0.1, 0.15) is 0 Å². The topological polar surface area (TPSA) is 12.0 Å². The Hall–Kier alpha value is -0.820. The second-order valence-corrected chi connectivity index (χ2v) is 5.36. The van der Waals surface area contributed by atoms with Gasteiger partial charge in [0.2, 0.25) is 0 Å². The molecule has 1 aromatic carbocycles. The van der Waals surface area contributed by atoms with Crippen LogP contribution in [0.15, 0.2) is 24.3 Å². The van der Waals surface area contributed by atoms with E-state index in [0.717, 1.165) is 18.5 Å². The van der Waals surface area contributed by atoms with Gasteiger partial charge in [0, 0.05) is 12.6 Å². The van der Waals surface area contributed by atoms with E-state index in [0.29, 0.717) is 0 Å². The molecule has 1 atom stereocenters. The molecule has 1 unspecified atom stereocenters. The predicted molar refractivity (Wildman–Crippen MR) is 67.3 cm³/mol. The monoisotopic (exact) mass is 215 g/mol. The van der Waals surface area contributed by atoms with Gasteiger partial charge in [-0.1, -0.05) is 43.5 Å². The minimum absolute atomic E-state index is 0.746. The lowest BCUT2D eigenvalue weighted by molar-refractivity contribution is 0.258. The lowest BCUT2D eigenvalue weighted by Crippen LogP contribution is -2.41. The van der Waals surface area contributed by atoms with E-state index >= 15 is 0 Å². The molecule has 16 heavy (non-hydrogen) atoms. The van der Waals surface area contributed by atoms with Gasteiger partial charge in [0.15, 0.2) is 0 Å². The third-order valence-electron chi connectivity index (χ3n) is 4.33. The fourth-order valence-corrected chi connectivity index (χ4v) is 3.35. The van der Waals surface area contributed by atoms with E-state index < -0.39 is 0 Å². The number of hydrogen-bond donors (Lipinski definition) is 1. The standard InChI is InChI=1S/C15H21N/c1-2-6-12(7-3-1)15-10-13-8-4-5-9-14(13)11-16-15/h4-5,8-9,12,15-16H,1-3,6-7,10-11H2. The largest absolute Gasteiger partial charge is 0.309 e. The van der Waals surface area contributed by atoms with Gasteiger partial charge in [-0.2, -0.15) is 0 Å². The number of fused-ring (bicyclic) bond motifs is 1. The predicted octanol–water partition coefficient (Wildman–Crippen LogP) is 3.28. The van der Waals surface area contributed by atoms with Crippen LogP contribution in [-0.4, -0.2) is 6.04 Å². The molecule has 1 N–H and O–H groups in total. The Kier molecular flexibility index (Phi) is 2.96. The maximum absolute atomic E-state index is 3.74. The maximum Gasteiger partial charge on any atom is 0.0211 e. The quantitative estimate of drug-likeness (QED) is 0.758. The molecule has 1 saturated carbocycles. The van der Waals surface area contributed by atoms with Crippen LogP contribution in [-0.2, 0) is 13.0 Å². The molecule has 2 aliphatic rings. The lowest BCUT2D eigenvalue weighted by atomic mass is 9.79.